The first-order valence-electron chi connectivity index (χ1n) is 12.8. The van der Waals surface area contributed by atoms with Crippen LogP contribution in [0.5, 0.6) is 0 Å². The maximum Gasteiger partial charge on any atom is 0.0959 e. The van der Waals surface area contributed by atoms with Gasteiger partial charge in [-0.3, -0.25) is 20.0 Å². The van der Waals surface area contributed by atoms with Gasteiger partial charge < -0.3 is 20.0 Å². The van der Waals surface area contributed by atoms with E-state index in [1.807, 2.05) is 53.9 Å². The molecule has 0 rings (SSSR count). The number of amidine groups is 4. The van der Waals surface area contributed by atoms with Crippen molar-refractivity contribution in [2.24, 2.45) is 20.0 Å². The summed E-state index contributed by atoms with van der Waals surface area (Å²) in [6.07, 6.45) is 0. The third kappa shape index (κ3) is 26.3. The number of nitrogens with one attached hydrogen (secondary N) is 1. The lowest BCUT2D eigenvalue weighted by molar-refractivity contribution is 0.364. The van der Waals surface area contributed by atoms with Crippen molar-refractivity contribution >= 4 is 23.3 Å². The summed E-state index contributed by atoms with van der Waals surface area (Å²) in [7, 11) is 11.4. The van der Waals surface area contributed by atoms with Gasteiger partial charge in [0.25, 0.3) is 0 Å². The Morgan fingerprint density at radius 1 is 0.686 bits per heavy atom. The number of nitrogens with zero attached hydrogens (tertiary/aromatic N) is 7. The van der Waals surface area contributed by atoms with Crippen LogP contribution in [0.4, 0.5) is 0 Å². The molecule has 1 N–H and O–H groups in total. The van der Waals surface area contributed by atoms with Gasteiger partial charge in [0.15, 0.2) is 0 Å². The maximum absolute atomic E-state index is 4.36. The highest BCUT2D eigenvalue weighted by atomic mass is 15.2. The fraction of sp³-hybridized carbons (Fsp3) is 0.852. The van der Waals surface area contributed by atoms with Gasteiger partial charge in [0.2, 0.25) is 0 Å². The Labute approximate surface area is 220 Å². The second kappa shape index (κ2) is 25.0. The molecule has 210 valence electrons. The molecule has 0 aliphatic carbocycles. The molecular weight excluding hydrogens is 436 g/mol. The first kappa shape index (κ1) is 40.1. The standard InChI is InChI=1S/C9H20N2.C7H16N2.C6H14N2.C5H12N2/c1-6-10-9(5)11(7-2)8(3)4;1-6(2)9(5)7(3)8-4;1-5(2)8-6(3)7-4;1-5(6-2)7(3)4/h8H,6-7H2,1-5H3;6H,1-5H3;5H,1-4H3,(H,7,8);1-4H3. The Balaban J connectivity index is -0.000000186. The van der Waals surface area contributed by atoms with Gasteiger partial charge in [-0.2, -0.15) is 0 Å². The summed E-state index contributed by atoms with van der Waals surface area (Å²) < 4.78 is 0. The van der Waals surface area contributed by atoms with Gasteiger partial charge in [0.1, 0.15) is 0 Å². The van der Waals surface area contributed by atoms with Gasteiger partial charge in [-0.1, -0.05) is 0 Å². The van der Waals surface area contributed by atoms with Gasteiger partial charge in [-0.25, -0.2) is 0 Å². The summed E-state index contributed by atoms with van der Waals surface area (Å²) in [5, 5.41) is 3.14. The second-order valence-electron chi connectivity index (χ2n) is 9.15. The van der Waals surface area contributed by atoms with Crippen molar-refractivity contribution in [2.75, 3.05) is 55.4 Å². The third-order valence-electron chi connectivity index (χ3n) is 5.18. The predicted octanol–water partition coefficient (Wildman–Crippen LogP) is 5.16. The van der Waals surface area contributed by atoms with Crippen molar-refractivity contribution in [1.29, 1.82) is 0 Å². The Kier molecular flexibility index (Phi) is 28.6. The van der Waals surface area contributed by atoms with Crippen LogP contribution in [0.1, 0.15) is 83.1 Å². The van der Waals surface area contributed by atoms with E-state index in [0.29, 0.717) is 18.1 Å². The number of hydrogen-bond acceptors (Lipinski definition) is 4. The summed E-state index contributed by atoms with van der Waals surface area (Å²) >= 11 is 0. The Morgan fingerprint density at radius 2 is 1.14 bits per heavy atom. The molecule has 0 aromatic rings. The van der Waals surface area contributed by atoms with Crippen LogP contribution >= 0.6 is 0 Å². The first-order chi connectivity index (χ1) is 16.1. The minimum atomic E-state index is 0.499. The highest BCUT2D eigenvalue weighted by molar-refractivity contribution is 5.80. The third-order valence-corrected chi connectivity index (χ3v) is 5.18. The zero-order chi connectivity index (χ0) is 28.7. The van der Waals surface area contributed by atoms with Gasteiger partial charge >= 0.3 is 0 Å². The lowest BCUT2D eigenvalue weighted by atomic mass is 10.3. The fourth-order valence-electron chi connectivity index (χ4n) is 2.50. The summed E-state index contributed by atoms with van der Waals surface area (Å²) in [6, 6.07) is 1.61. The topological polar surface area (TPSA) is 71.2 Å². The summed E-state index contributed by atoms with van der Waals surface area (Å²) in [6.45, 7) is 27.0. The largest absolute Gasteiger partial charge is 0.372 e. The van der Waals surface area contributed by atoms with E-state index < -0.39 is 0 Å². The molecule has 0 bridgehead atoms. The van der Waals surface area contributed by atoms with E-state index in [4.69, 9.17) is 0 Å². The average Bonchev–Trinajstić information content (AvgIpc) is 2.78. The minimum absolute atomic E-state index is 0.499. The smallest absolute Gasteiger partial charge is 0.0959 e. The highest BCUT2D eigenvalue weighted by Gasteiger charge is 2.06. The van der Waals surface area contributed by atoms with Crippen LogP contribution in [-0.4, -0.2) is 112 Å². The summed E-state index contributed by atoms with van der Waals surface area (Å²) in [5.74, 6) is 4.30. The van der Waals surface area contributed by atoms with E-state index in [2.05, 4.69) is 97.4 Å². The minimum Gasteiger partial charge on any atom is -0.372 e. The van der Waals surface area contributed by atoms with Crippen LogP contribution in [0.3, 0.4) is 0 Å². The monoisotopic (exact) mass is 499 g/mol. The van der Waals surface area contributed by atoms with Crippen LogP contribution < -0.4 is 5.32 Å². The first-order valence-corrected chi connectivity index (χ1v) is 12.8. The second-order valence-corrected chi connectivity index (χ2v) is 9.15. The van der Waals surface area contributed by atoms with Crippen LogP contribution in [0, 0.1) is 0 Å². The number of hydrogen-bond donors (Lipinski definition) is 1. The molecule has 0 saturated carbocycles. The zero-order valence-electron chi connectivity index (χ0n) is 26.8. The lowest BCUT2D eigenvalue weighted by Crippen LogP contribution is -2.35. The predicted molar refractivity (Wildman–Crippen MR) is 163 cm³/mol. The molecule has 0 atom stereocenters. The van der Waals surface area contributed by atoms with Gasteiger partial charge in [-0.15, -0.1) is 0 Å². The van der Waals surface area contributed by atoms with E-state index in [9.17, 15) is 0 Å². The SMILES string of the molecule is CCN=C(C)N(CC)C(C)C.CN=C(C)N(C)C.CN=C(C)N(C)C(C)C.CN=C(C)NC(C)C. The quantitative estimate of drug-likeness (QED) is 0.420. The van der Waals surface area contributed by atoms with E-state index in [0.717, 1.165) is 36.4 Å². The fourth-order valence-corrected chi connectivity index (χ4v) is 2.50. The van der Waals surface area contributed by atoms with E-state index >= 15 is 0 Å². The normalized spacial score (nSPS) is 12.3. The van der Waals surface area contributed by atoms with Crippen molar-refractivity contribution in [2.45, 2.75) is 101 Å². The van der Waals surface area contributed by atoms with Gasteiger partial charge in [0, 0.05) is 73.5 Å². The van der Waals surface area contributed by atoms with Crippen molar-refractivity contribution in [3.05, 3.63) is 0 Å². The molecule has 8 heteroatoms. The number of rotatable bonds is 5. The molecule has 35 heavy (non-hydrogen) atoms. The van der Waals surface area contributed by atoms with Crippen LogP contribution in [0.15, 0.2) is 20.0 Å². The molecule has 0 aliphatic heterocycles. The molecule has 0 amide bonds. The average molecular weight is 499 g/mol. The molecule has 0 aromatic heterocycles. The molecule has 0 unspecified atom stereocenters. The van der Waals surface area contributed by atoms with Crippen molar-refractivity contribution in [3.63, 3.8) is 0 Å². The molecule has 0 heterocycles. The Bertz CT molecular complexity index is 602. The molecule has 0 aromatic carbocycles. The molecular formula is C27H62N8. The van der Waals surface area contributed by atoms with Crippen molar-refractivity contribution in [3.8, 4) is 0 Å². The van der Waals surface area contributed by atoms with Gasteiger partial charge in [-0.05, 0) is 83.1 Å². The zero-order valence-corrected chi connectivity index (χ0v) is 26.8. The van der Waals surface area contributed by atoms with E-state index in [-0.39, 0.29) is 0 Å². The molecule has 8 nitrogen and oxygen atoms in total. The molecule has 0 saturated heterocycles. The van der Waals surface area contributed by atoms with E-state index in [1.165, 1.54) is 0 Å². The Morgan fingerprint density at radius 3 is 1.29 bits per heavy atom. The molecule has 0 aliphatic rings. The van der Waals surface area contributed by atoms with E-state index in [1.54, 1.807) is 14.1 Å². The van der Waals surface area contributed by atoms with Crippen LogP contribution in [-0.2, 0) is 0 Å². The van der Waals surface area contributed by atoms with Gasteiger partial charge in [0.05, 0.1) is 23.3 Å². The number of aliphatic imine (C=N–C) groups is 4. The summed E-state index contributed by atoms with van der Waals surface area (Å²) in [5.41, 5.74) is 0. The lowest BCUT2D eigenvalue weighted by Gasteiger charge is -2.26. The highest BCUT2D eigenvalue weighted by Crippen LogP contribution is 1.99. The van der Waals surface area contributed by atoms with Crippen molar-refractivity contribution in [1.82, 2.24) is 20.0 Å². The Hall–Kier alpha value is -2.12. The van der Waals surface area contributed by atoms with Crippen LogP contribution in [0.2, 0.25) is 0 Å². The molecule has 0 radical (unpaired) electrons. The van der Waals surface area contributed by atoms with Crippen molar-refractivity contribution < 1.29 is 0 Å². The van der Waals surface area contributed by atoms with Crippen LogP contribution in [0.25, 0.3) is 0 Å². The maximum atomic E-state index is 4.36. The molecule has 0 fully saturated rings. The molecule has 0 spiro atoms. The summed E-state index contributed by atoms with van der Waals surface area (Å²) in [4.78, 5) is 22.7.